The first-order valence-corrected chi connectivity index (χ1v) is 8.15. The van der Waals surface area contributed by atoms with Crippen LogP contribution in [0.5, 0.6) is 0 Å². The second kappa shape index (κ2) is 7.70. The molecular weight excluding hydrogens is 242 g/mol. The van der Waals surface area contributed by atoms with Crippen LogP contribution in [0.1, 0.15) is 44.4 Å². The van der Waals surface area contributed by atoms with Gasteiger partial charge in [0, 0.05) is 22.6 Å². The lowest BCUT2D eigenvalue weighted by atomic mass is 10.0. The highest BCUT2D eigenvalue weighted by Gasteiger charge is 2.22. The Morgan fingerprint density at radius 2 is 1.83 bits per heavy atom. The Balaban J connectivity index is 2.89. The van der Waals surface area contributed by atoms with Gasteiger partial charge in [0.2, 0.25) is 0 Å². The maximum atomic E-state index is 12.0. The summed E-state index contributed by atoms with van der Waals surface area (Å²) < 4.78 is 12.0. The quantitative estimate of drug-likeness (QED) is 0.822. The molecule has 1 aromatic carbocycles. The average molecular weight is 267 g/mol. The summed E-state index contributed by atoms with van der Waals surface area (Å²) in [6, 6.07) is 8.72. The molecule has 0 aliphatic rings. The maximum Gasteiger partial charge on any atom is 0.0514 e. The minimum absolute atomic E-state index is 0.143. The number of hydrogen-bond donors (Lipinski definition) is 1. The fraction of sp³-hybridized carbons (Fsp3) is 0.600. The van der Waals surface area contributed by atoms with Gasteiger partial charge in [-0.15, -0.1) is 0 Å². The molecule has 0 fully saturated rings. The van der Waals surface area contributed by atoms with Crippen LogP contribution >= 0.6 is 0 Å². The van der Waals surface area contributed by atoms with Crippen molar-refractivity contribution < 1.29 is 4.21 Å². The predicted molar refractivity (Wildman–Crippen MR) is 80.4 cm³/mol. The number of nitrogens with one attached hydrogen (secondary N) is 1. The van der Waals surface area contributed by atoms with E-state index in [9.17, 15) is 4.21 Å². The third-order valence-electron chi connectivity index (χ3n) is 3.22. The Kier molecular flexibility index (Phi) is 6.58. The molecule has 0 aliphatic heterocycles. The molecule has 0 aliphatic carbocycles. The van der Waals surface area contributed by atoms with Crippen molar-refractivity contribution in [2.45, 2.75) is 45.4 Å². The third kappa shape index (κ3) is 4.21. The number of hydrogen-bond acceptors (Lipinski definition) is 2. The van der Waals surface area contributed by atoms with E-state index in [2.05, 4.69) is 50.4 Å². The molecule has 1 aromatic rings. The van der Waals surface area contributed by atoms with Crippen molar-refractivity contribution in [2.24, 2.45) is 0 Å². The van der Waals surface area contributed by atoms with E-state index in [0.29, 0.717) is 0 Å². The Hall–Kier alpha value is -0.670. The summed E-state index contributed by atoms with van der Waals surface area (Å²) in [4.78, 5) is 0. The zero-order chi connectivity index (χ0) is 13.5. The van der Waals surface area contributed by atoms with E-state index in [1.807, 2.05) is 6.92 Å². The fourth-order valence-corrected chi connectivity index (χ4v) is 3.13. The minimum atomic E-state index is -0.774. The molecule has 3 heteroatoms. The lowest BCUT2D eigenvalue weighted by molar-refractivity contribution is 0.518. The molecule has 0 amide bonds. The van der Waals surface area contributed by atoms with Crippen LogP contribution in [-0.4, -0.2) is 21.8 Å². The summed E-state index contributed by atoms with van der Waals surface area (Å²) in [6.45, 7) is 9.27. The van der Waals surface area contributed by atoms with E-state index >= 15 is 0 Å². The van der Waals surface area contributed by atoms with E-state index < -0.39 is 10.8 Å². The molecule has 18 heavy (non-hydrogen) atoms. The van der Waals surface area contributed by atoms with Crippen LogP contribution in [0.15, 0.2) is 24.3 Å². The maximum absolute atomic E-state index is 12.0. The van der Waals surface area contributed by atoms with E-state index in [0.717, 1.165) is 18.7 Å². The van der Waals surface area contributed by atoms with Gasteiger partial charge in [0.1, 0.15) is 0 Å². The highest BCUT2D eigenvalue weighted by Crippen LogP contribution is 2.21. The fourth-order valence-electron chi connectivity index (χ4n) is 2.04. The summed E-state index contributed by atoms with van der Waals surface area (Å²) >= 11 is 0. The molecule has 2 nitrogen and oxygen atoms in total. The lowest BCUT2D eigenvalue weighted by Crippen LogP contribution is -2.34. The van der Waals surface area contributed by atoms with E-state index in [4.69, 9.17) is 0 Å². The van der Waals surface area contributed by atoms with Crippen LogP contribution in [0.4, 0.5) is 0 Å². The van der Waals surface area contributed by atoms with Gasteiger partial charge in [0.25, 0.3) is 0 Å². The van der Waals surface area contributed by atoms with Crippen molar-refractivity contribution in [3.8, 4) is 0 Å². The Morgan fingerprint density at radius 3 is 2.33 bits per heavy atom. The van der Waals surface area contributed by atoms with Gasteiger partial charge in [-0.1, -0.05) is 43.7 Å². The van der Waals surface area contributed by atoms with Gasteiger partial charge in [-0.2, -0.15) is 0 Å². The zero-order valence-corrected chi connectivity index (χ0v) is 12.7. The van der Waals surface area contributed by atoms with Gasteiger partial charge < -0.3 is 5.32 Å². The normalized spacial score (nSPS) is 16.2. The Morgan fingerprint density at radius 1 is 1.22 bits per heavy atom. The van der Waals surface area contributed by atoms with Crippen LogP contribution in [-0.2, 0) is 10.8 Å². The molecule has 1 rings (SSSR count). The molecule has 0 saturated heterocycles. The molecule has 0 aromatic heterocycles. The summed E-state index contributed by atoms with van der Waals surface area (Å²) in [5.41, 5.74) is 2.50. The first kappa shape index (κ1) is 15.4. The topological polar surface area (TPSA) is 29.1 Å². The lowest BCUT2D eigenvalue weighted by Gasteiger charge is -2.25. The molecule has 0 saturated carbocycles. The molecule has 0 radical (unpaired) electrons. The van der Waals surface area contributed by atoms with Crippen LogP contribution in [0, 0.1) is 6.92 Å². The van der Waals surface area contributed by atoms with Gasteiger partial charge in [0.15, 0.2) is 0 Å². The van der Waals surface area contributed by atoms with Gasteiger partial charge in [-0.05, 0) is 32.4 Å². The van der Waals surface area contributed by atoms with E-state index in [1.54, 1.807) is 0 Å². The minimum Gasteiger partial charge on any atom is -0.309 e. The second-order valence-electron chi connectivity index (χ2n) is 4.72. The van der Waals surface area contributed by atoms with Gasteiger partial charge in [0.05, 0.1) is 5.25 Å². The number of benzene rings is 1. The van der Waals surface area contributed by atoms with Crippen LogP contribution in [0.25, 0.3) is 0 Å². The Labute approximate surface area is 114 Å². The first-order valence-electron chi connectivity index (χ1n) is 6.77. The molecule has 0 spiro atoms. The predicted octanol–water partition coefficient (Wildman–Crippen LogP) is 3.19. The van der Waals surface area contributed by atoms with Crippen LogP contribution < -0.4 is 5.32 Å². The van der Waals surface area contributed by atoms with Gasteiger partial charge in [-0.25, -0.2) is 0 Å². The van der Waals surface area contributed by atoms with Crippen molar-refractivity contribution in [1.29, 1.82) is 0 Å². The molecule has 3 unspecified atom stereocenters. The smallest absolute Gasteiger partial charge is 0.0514 e. The SMILES string of the molecule is CCCNC(c1ccc(C)cc1)C(C)S(=O)CC. The van der Waals surface area contributed by atoms with Crippen molar-refractivity contribution in [3.63, 3.8) is 0 Å². The second-order valence-corrected chi connectivity index (χ2v) is 6.80. The largest absolute Gasteiger partial charge is 0.309 e. The molecule has 3 atom stereocenters. The highest BCUT2D eigenvalue weighted by molar-refractivity contribution is 7.85. The van der Waals surface area contributed by atoms with Crippen molar-refractivity contribution in [1.82, 2.24) is 5.32 Å². The third-order valence-corrected chi connectivity index (χ3v) is 4.89. The number of aryl methyl sites for hydroxylation is 1. The summed E-state index contributed by atoms with van der Waals surface area (Å²) in [5, 5.41) is 3.67. The standard InChI is InChI=1S/C15H25NOS/c1-5-11-16-15(13(4)18(17)6-2)14-9-7-12(3)8-10-14/h7-10,13,15-16H,5-6,11H2,1-4H3. The van der Waals surface area contributed by atoms with Crippen molar-refractivity contribution in [2.75, 3.05) is 12.3 Å². The zero-order valence-electron chi connectivity index (χ0n) is 11.9. The molecule has 1 N–H and O–H groups in total. The van der Waals surface area contributed by atoms with E-state index in [1.165, 1.54) is 11.1 Å². The van der Waals surface area contributed by atoms with Crippen molar-refractivity contribution >= 4 is 10.8 Å². The highest BCUT2D eigenvalue weighted by atomic mass is 32.2. The van der Waals surface area contributed by atoms with E-state index in [-0.39, 0.29) is 11.3 Å². The summed E-state index contributed by atoms with van der Waals surface area (Å²) in [6.07, 6.45) is 1.09. The molecule has 0 bridgehead atoms. The molecular formula is C15H25NOS. The summed E-state index contributed by atoms with van der Waals surface area (Å²) in [7, 11) is -0.774. The van der Waals surface area contributed by atoms with Gasteiger partial charge >= 0.3 is 0 Å². The van der Waals surface area contributed by atoms with Crippen LogP contribution in [0.3, 0.4) is 0 Å². The van der Waals surface area contributed by atoms with Crippen LogP contribution in [0.2, 0.25) is 0 Å². The van der Waals surface area contributed by atoms with Gasteiger partial charge in [-0.3, -0.25) is 4.21 Å². The monoisotopic (exact) mass is 267 g/mol. The Bertz CT molecular complexity index is 375. The first-order chi connectivity index (χ1) is 8.60. The van der Waals surface area contributed by atoms with Crippen molar-refractivity contribution in [3.05, 3.63) is 35.4 Å². The molecule has 0 heterocycles. The average Bonchev–Trinajstić information content (AvgIpc) is 2.39. The molecule has 102 valence electrons. The number of rotatable bonds is 7. The summed E-state index contributed by atoms with van der Waals surface area (Å²) in [5.74, 6) is 0.720.